The molecule has 0 aromatic heterocycles. The number of hydrogen-bond donors (Lipinski definition) is 0. The molecule has 0 bridgehead atoms. The number of benzene rings is 1. The molecule has 0 N–H and O–H groups in total. The van der Waals surface area contributed by atoms with E-state index in [1.807, 2.05) is 85.0 Å². The molecule has 18 heavy (non-hydrogen) atoms. The van der Waals surface area contributed by atoms with Crippen LogP contribution in [-0.2, 0) is 0 Å². The van der Waals surface area contributed by atoms with Gasteiger partial charge >= 0.3 is 0 Å². The van der Waals surface area contributed by atoms with E-state index in [1.54, 1.807) is 0 Å². The fourth-order valence-corrected chi connectivity index (χ4v) is 1.57. The lowest BCUT2D eigenvalue weighted by atomic mass is 10.2. The Kier molecular flexibility index (Phi) is 4.82. The van der Waals surface area contributed by atoms with Gasteiger partial charge in [-0.25, -0.2) is 0 Å². The molecule has 1 aliphatic rings. The Morgan fingerprint density at radius 3 is 2.22 bits per heavy atom. The van der Waals surface area contributed by atoms with Crippen LogP contribution >= 0.6 is 0 Å². The molecule has 1 aliphatic heterocycles. The van der Waals surface area contributed by atoms with Gasteiger partial charge in [-0.15, -0.1) is 0 Å². The molecule has 0 unspecified atom stereocenters. The van der Waals surface area contributed by atoms with E-state index in [-0.39, 0.29) is 0 Å². The third-order valence-electron chi connectivity index (χ3n) is 2.44. The molecule has 1 aromatic rings. The first kappa shape index (κ1) is 12.2. The van der Waals surface area contributed by atoms with Crippen LogP contribution < -0.4 is 4.74 Å². The van der Waals surface area contributed by atoms with Gasteiger partial charge in [0.25, 0.3) is 0 Å². The fourth-order valence-electron chi connectivity index (χ4n) is 1.57. The summed E-state index contributed by atoms with van der Waals surface area (Å²) in [6, 6.07) is 8.03. The van der Waals surface area contributed by atoms with Crippen LogP contribution in [0.15, 0.2) is 78.9 Å². The zero-order valence-corrected chi connectivity index (χ0v) is 10.2. The van der Waals surface area contributed by atoms with Gasteiger partial charge in [0, 0.05) is 5.56 Å². The molecule has 0 atom stereocenters. The van der Waals surface area contributed by atoms with E-state index in [0.717, 1.165) is 11.3 Å². The highest BCUT2D eigenvalue weighted by Crippen LogP contribution is 2.19. The van der Waals surface area contributed by atoms with E-state index in [0.29, 0.717) is 6.61 Å². The molecule has 90 valence electrons. The highest BCUT2D eigenvalue weighted by Gasteiger charge is 1.97. The summed E-state index contributed by atoms with van der Waals surface area (Å²) in [5.74, 6) is 0.906. The van der Waals surface area contributed by atoms with Crippen LogP contribution in [0, 0.1) is 0 Å². The van der Waals surface area contributed by atoms with Crippen molar-refractivity contribution in [3.63, 3.8) is 0 Å². The largest absolute Gasteiger partial charge is 0.489 e. The molecule has 1 aromatic carbocycles. The molecule has 0 radical (unpaired) electrons. The molecule has 0 aliphatic carbocycles. The van der Waals surface area contributed by atoms with Crippen LogP contribution in [0.25, 0.3) is 6.08 Å². The second-order valence-corrected chi connectivity index (χ2v) is 3.79. The minimum atomic E-state index is 0.578. The maximum absolute atomic E-state index is 5.72. The average Bonchev–Trinajstić information content (AvgIpc) is 2.41. The monoisotopic (exact) mass is 236 g/mol. The van der Waals surface area contributed by atoms with Crippen molar-refractivity contribution < 1.29 is 4.74 Å². The Morgan fingerprint density at radius 2 is 1.39 bits per heavy atom. The van der Waals surface area contributed by atoms with Crippen LogP contribution in [0.5, 0.6) is 5.75 Å². The summed E-state index contributed by atoms with van der Waals surface area (Å²) in [6.07, 6.45) is 20.0. The summed E-state index contributed by atoms with van der Waals surface area (Å²) in [6.45, 7) is 0.578. The maximum atomic E-state index is 5.72. The predicted molar refractivity (Wildman–Crippen MR) is 77.5 cm³/mol. The number of hydrogen-bond acceptors (Lipinski definition) is 1. The first-order valence-electron chi connectivity index (χ1n) is 6.02. The van der Waals surface area contributed by atoms with Gasteiger partial charge in [-0.05, 0) is 12.1 Å². The van der Waals surface area contributed by atoms with Gasteiger partial charge < -0.3 is 4.74 Å². The van der Waals surface area contributed by atoms with Gasteiger partial charge in [-0.2, -0.15) is 0 Å². The maximum Gasteiger partial charge on any atom is 0.126 e. The van der Waals surface area contributed by atoms with E-state index in [9.17, 15) is 0 Å². The van der Waals surface area contributed by atoms with Crippen LogP contribution in [0.2, 0.25) is 0 Å². The number of rotatable bonds is 0. The lowest BCUT2D eigenvalue weighted by Crippen LogP contribution is -1.94. The smallest absolute Gasteiger partial charge is 0.126 e. The third kappa shape index (κ3) is 3.95. The van der Waals surface area contributed by atoms with Crippen molar-refractivity contribution >= 4 is 6.08 Å². The first-order valence-corrected chi connectivity index (χ1v) is 6.02. The number of ether oxygens (including phenoxy) is 1. The lowest BCUT2D eigenvalue weighted by Gasteiger charge is -2.06. The average molecular weight is 236 g/mol. The van der Waals surface area contributed by atoms with E-state index in [1.165, 1.54) is 0 Å². The van der Waals surface area contributed by atoms with Crippen LogP contribution in [-0.4, -0.2) is 6.61 Å². The SMILES string of the molecule is C1=C\C=C/C=C\c2ccccc2OC/C=C\C=C/1. The third-order valence-corrected chi connectivity index (χ3v) is 2.44. The predicted octanol–water partition coefficient (Wildman–Crippen LogP) is 4.32. The molecule has 1 nitrogen and oxygen atoms in total. The summed E-state index contributed by atoms with van der Waals surface area (Å²) in [4.78, 5) is 0. The molecule has 1 heteroatoms. The first-order chi connectivity index (χ1) is 8.97. The Balaban J connectivity index is 2.23. The quantitative estimate of drug-likeness (QED) is 0.652. The Bertz CT molecular complexity index is 516. The van der Waals surface area contributed by atoms with Crippen LogP contribution in [0.3, 0.4) is 0 Å². The number of fused-ring (bicyclic) bond motifs is 1. The summed E-state index contributed by atoms with van der Waals surface area (Å²) < 4.78 is 5.72. The van der Waals surface area contributed by atoms with E-state index < -0.39 is 0 Å². The second kappa shape index (κ2) is 7.13. The van der Waals surface area contributed by atoms with Gasteiger partial charge in [0.2, 0.25) is 0 Å². The van der Waals surface area contributed by atoms with E-state index in [2.05, 4.69) is 0 Å². The normalized spacial score (nSPS) is 23.8. The Hall–Kier alpha value is -2.28. The number of para-hydroxylation sites is 1. The van der Waals surface area contributed by atoms with Crippen molar-refractivity contribution in [1.82, 2.24) is 0 Å². The van der Waals surface area contributed by atoms with Crippen molar-refractivity contribution in [3.8, 4) is 5.75 Å². The highest BCUT2D eigenvalue weighted by molar-refractivity contribution is 5.58. The van der Waals surface area contributed by atoms with Crippen molar-refractivity contribution in [1.29, 1.82) is 0 Å². The van der Waals surface area contributed by atoms with Crippen LogP contribution in [0.1, 0.15) is 5.56 Å². The molecule has 0 saturated heterocycles. The minimum absolute atomic E-state index is 0.578. The zero-order chi connectivity index (χ0) is 12.5. The molecule has 0 spiro atoms. The summed E-state index contributed by atoms with van der Waals surface area (Å²) in [7, 11) is 0. The topological polar surface area (TPSA) is 9.23 Å². The molecular formula is C17H16O. The Morgan fingerprint density at radius 1 is 0.722 bits per heavy atom. The standard InChI is InChI=1S/C17H16O/c1-2-4-6-8-12-16-13-9-10-14-17(16)18-15-11-7-5-3-1/h1-14H,15H2/b2-1-,5-3-,6-4-,11-7-,12-8-. The lowest BCUT2D eigenvalue weighted by molar-refractivity contribution is 0.362. The molecule has 0 amide bonds. The van der Waals surface area contributed by atoms with Gasteiger partial charge in [0.15, 0.2) is 0 Å². The summed E-state index contributed by atoms with van der Waals surface area (Å²) >= 11 is 0. The Labute approximate surface area is 108 Å². The van der Waals surface area contributed by atoms with Gasteiger partial charge in [0.1, 0.15) is 12.4 Å². The van der Waals surface area contributed by atoms with Gasteiger partial charge in [0.05, 0.1) is 0 Å². The van der Waals surface area contributed by atoms with Crippen molar-refractivity contribution in [2.45, 2.75) is 0 Å². The number of allylic oxidation sites excluding steroid dienone is 8. The molecule has 1 heterocycles. The van der Waals surface area contributed by atoms with Gasteiger partial charge in [-0.1, -0.05) is 72.9 Å². The van der Waals surface area contributed by atoms with Crippen molar-refractivity contribution in [2.75, 3.05) is 6.61 Å². The van der Waals surface area contributed by atoms with Gasteiger partial charge in [-0.3, -0.25) is 0 Å². The summed E-state index contributed by atoms with van der Waals surface area (Å²) in [5.41, 5.74) is 1.09. The van der Waals surface area contributed by atoms with Crippen LogP contribution in [0.4, 0.5) is 0 Å². The highest BCUT2D eigenvalue weighted by atomic mass is 16.5. The molecular weight excluding hydrogens is 220 g/mol. The second-order valence-electron chi connectivity index (χ2n) is 3.79. The molecule has 0 fully saturated rings. The van der Waals surface area contributed by atoms with Crippen molar-refractivity contribution in [2.24, 2.45) is 0 Å². The van der Waals surface area contributed by atoms with E-state index >= 15 is 0 Å². The zero-order valence-electron chi connectivity index (χ0n) is 10.2. The fraction of sp³-hybridized carbons (Fsp3) is 0.0588. The summed E-state index contributed by atoms with van der Waals surface area (Å²) in [5, 5.41) is 0. The van der Waals surface area contributed by atoms with E-state index in [4.69, 9.17) is 4.74 Å². The molecule has 2 rings (SSSR count). The molecule has 0 saturated carbocycles. The minimum Gasteiger partial charge on any atom is -0.489 e. The van der Waals surface area contributed by atoms with Crippen molar-refractivity contribution in [3.05, 3.63) is 84.5 Å².